The SMILES string of the molecule is Cc1cc2c3c(c1)C(c1ccc(C(C)(C)C)cc1-c1ccccc1)c1cc4c(cc1B3c1cc(C(C)(C)C)ccc1C2Cc1cc2c(cc1C)C(C)(C)CC2(C)C)C(C)(C)CC4(C)C. The number of hydrogen-bond donors (Lipinski definition) is 0. The van der Waals surface area contributed by atoms with Crippen molar-refractivity contribution in [1.82, 2.24) is 0 Å². The summed E-state index contributed by atoms with van der Waals surface area (Å²) in [6, 6.07) is 42.3. The van der Waals surface area contributed by atoms with Crippen molar-refractivity contribution in [2.75, 3.05) is 0 Å². The minimum Gasteiger partial charge on any atom is -0.0646 e. The van der Waals surface area contributed by atoms with Crippen LogP contribution in [0, 0.1) is 13.8 Å². The van der Waals surface area contributed by atoms with Crippen molar-refractivity contribution < 1.29 is 0 Å². The van der Waals surface area contributed by atoms with Gasteiger partial charge in [0.25, 0.3) is 0 Å². The number of hydrogen-bond acceptors (Lipinski definition) is 0. The van der Waals surface area contributed by atoms with E-state index in [4.69, 9.17) is 0 Å². The Labute approximate surface area is 387 Å². The first kappa shape index (κ1) is 43.3. The van der Waals surface area contributed by atoms with Crippen molar-refractivity contribution in [3.63, 3.8) is 0 Å². The normalized spacial score (nSPS) is 20.6. The molecule has 0 amide bonds. The van der Waals surface area contributed by atoms with Gasteiger partial charge in [0.15, 0.2) is 0 Å². The molecule has 0 saturated heterocycles. The lowest BCUT2D eigenvalue weighted by atomic mass is 9.28. The van der Waals surface area contributed by atoms with E-state index < -0.39 is 0 Å². The Morgan fingerprint density at radius 1 is 0.500 bits per heavy atom. The van der Waals surface area contributed by atoms with E-state index in [1.807, 2.05) is 0 Å². The second kappa shape index (κ2) is 14.0. The van der Waals surface area contributed by atoms with Crippen LogP contribution in [0.1, 0.15) is 199 Å². The lowest BCUT2D eigenvalue weighted by molar-refractivity contribution is 0.402. The monoisotopic (exact) mass is 841 g/mol. The number of rotatable bonds is 4. The fraction of sp³-hybridized carbons (Fsp3) is 0.429. The van der Waals surface area contributed by atoms with E-state index in [1.54, 1.807) is 33.3 Å². The van der Waals surface area contributed by atoms with Gasteiger partial charge in [0.05, 0.1) is 0 Å². The molecule has 2 heterocycles. The van der Waals surface area contributed by atoms with Crippen molar-refractivity contribution >= 4 is 23.1 Å². The quantitative estimate of drug-likeness (QED) is 0.155. The summed E-state index contributed by atoms with van der Waals surface area (Å²) in [5.74, 6) is 0.332. The smallest absolute Gasteiger partial charge is 0.0646 e. The highest BCUT2D eigenvalue weighted by Gasteiger charge is 2.49. The molecule has 2 aliphatic heterocycles. The first-order valence-corrected chi connectivity index (χ1v) is 24.6. The highest BCUT2D eigenvalue weighted by molar-refractivity contribution is 6.97. The third-order valence-electron chi connectivity index (χ3n) is 16.7. The van der Waals surface area contributed by atoms with Gasteiger partial charge in [-0.1, -0.05) is 222 Å². The molecule has 2 unspecified atom stereocenters. The van der Waals surface area contributed by atoms with Gasteiger partial charge in [-0.3, -0.25) is 0 Å². The predicted octanol–water partition coefficient (Wildman–Crippen LogP) is 14.2. The zero-order valence-corrected chi connectivity index (χ0v) is 42.2. The number of fused-ring (bicyclic) bond motifs is 6. The largest absolute Gasteiger partial charge is 0.242 e. The molecule has 10 rings (SSSR count). The summed E-state index contributed by atoms with van der Waals surface area (Å²) < 4.78 is 0. The van der Waals surface area contributed by atoms with Crippen LogP contribution >= 0.6 is 0 Å². The molecule has 2 aliphatic carbocycles. The molecule has 0 nitrogen and oxygen atoms in total. The predicted molar refractivity (Wildman–Crippen MR) is 277 cm³/mol. The average Bonchev–Trinajstić information content (AvgIpc) is 3.50. The molecular weight excluding hydrogens is 768 g/mol. The molecular formula is C63H73B. The molecule has 0 aromatic heterocycles. The summed E-state index contributed by atoms with van der Waals surface area (Å²) in [5, 5.41) is 0. The Balaban J connectivity index is 1.30. The first-order valence-electron chi connectivity index (χ1n) is 24.6. The lowest BCUT2D eigenvalue weighted by Gasteiger charge is -2.43. The van der Waals surface area contributed by atoms with E-state index in [-0.39, 0.29) is 51.0 Å². The molecule has 0 fully saturated rings. The second-order valence-electron chi connectivity index (χ2n) is 25.7. The van der Waals surface area contributed by atoms with E-state index in [0.717, 1.165) is 12.8 Å². The van der Waals surface area contributed by atoms with Crippen molar-refractivity contribution in [2.45, 2.75) is 174 Å². The zero-order valence-electron chi connectivity index (χ0n) is 42.2. The Kier molecular flexibility index (Phi) is 9.44. The highest BCUT2D eigenvalue weighted by atomic mass is 14.5. The molecule has 1 heteroatoms. The van der Waals surface area contributed by atoms with Gasteiger partial charge in [-0.05, 0) is 149 Å². The third-order valence-corrected chi connectivity index (χ3v) is 16.7. The van der Waals surface area contributed by atoms with Crippen LogP contribution in [0.5, 0.6) is 0 Å². The molecule has 0 spiro atoms. The molecule has 2 atom stereocenters. The van der Waals surface area contributed by atoms with Gasteiger partial charge in [-0.15, -0.1) is 0 Å². The minimum atomic E-state index is 0.0267. The molecule has 0 bridgehead atoms. The summed E-state index contributed by atoms with van der Waals surface area (Å²) in [6.07, 6.45) is 3.34. The van der Waals surface area contributed by atoms with Gasteiger partial charge in [0.1, 0.15) is 0 Å². The molecule has 6 aromatic carbocycles. The van der Waals surface area contributed by atoms with E-state index in [2.05, 4.69) is 214 Å². The number of aryl methyl sites for hydroxylation is 2. The summed E-state index contributed by atoms with van der Waals surface area (Å²) in [7, 11) is 0. The summed E-state index contributed by atoms with van der Waals surface area (Å²) in [5.41, 5.74) is 28.7. The molecule has 4 aliphatic rings. The highest BCUT2D eigenvalue weighted by Crippen LogP contribution is 2.53. The van der Waals surface area contributed by atoms with Gasteiger partial charge in [0, 0.05) is 11.8 Å². The molecule has 0 radical (unpaired) electrons. The fourth-order valence-electron chi connectivity index (χ4n) is 14.0. The molecule has 328 valence electrons. The maximum Gasteiger partial charge on any atom is 0.242 e. The van der Waals surface area contributed by atoms with Crippen LogP contribution in [0.25, 0.3) is 11.1 Å². The van der Waals surface area contributed by atoms with Crippen LogP contribution in [0.15, 0.2) is 103 Å². The number of benzene rings is 6. The van der Waals surface area contributed by atoms with Crippen molar-refractivity contribution in [2.24, 2.45) is 0 Å². The topological polar surface area (TPSA) is 0 Å². The lowest BCUT2D eigenvalue weighted by Crippen LogP contribution is -2.63. The first-order chi connectivity index (χ1) is 29.8. The van der Waals surface area contributed by atoms with E-state index in [9.17, 15) is 0 Å². The van der Waals surface area contributed by atoms with Crippen LogP contribution < -0.4 is 16.4 Å². The van der Waals surface area contributed by atoms with Gasteiger partial charge in [0.2, 0.25) is 6.71 Å². The standard InChI is InChI=1S/C63H73B/c1-37-26-47-46(29-40-30-51-50(28-38(40)2)60(9,10)35-61(51,11)12)43-24-22-42(59(6,7)8)32-54(43)64-55-34-53-52(62(13,14)36-63(53,15)16)33-48(55)56(49(27-37)57(47)64)44-25-23-41(58(3,4)5)31-45(44)39-20-18-17-19-21-39/h17-28,30-34,46,56H,29,35-36H2,1-16H3. The van der Waals surface area contributed by atoms with E-state index in [0.29, 0.717) is 0 Å². The Morgan fingerprint density at radius 3 is 1.62 bits per heavy atom. The Bertz CT molecular complexity index is 2900. The van der Waals surface area contributed by atoms with Crippen LogP contribution in [-0.4, -0.2) is 6.71 Å². The molecule has 0 N–H and O–H groups in total. The minimum absolute atomic E-state index is 0.0267. The Morgan fingerprint density at radius 2 is 1.02 bits per heavy atom. The van der Waals surface area contributed by atoms with Crippen LogP contribution in [0.3, 0.4) is 0 Å². The maximum atomic E-state index is 2.73. The fourth-order valence-corrected chi connectivity index (χ4v) is 14.0. The Hall–Kier alpha value is -4.62. The van der Waals surface area contributed by atoms with Crippen molar-refractivity contribution in [3.8, 4) is 11.1 Å². The third kappa shape index (κ3) is 6.67. The average molecular weight is 841 g/mol. The summed E-state index contributed by atoms with van der Waals surface area (Å²) in [6.45, 7) is 39.0. The van der Waals surface area contributed by atoms with Crippen molar-refractivity contribution in [1.29, 1.82) is 0 Å². The van der Waals surface area contributed by atoms with Crippen LogP contribution in [0.2, 0.25) is 0 Å². The van der Waals surface area contributed by atoms with Gasteiger partial charge in [-0.25, -0.2) is 0 Å². The molecule has 6 aromatic rings. The van der Waals surface area contributed by atoms with Crippen molar-refractivity contribution in [3.05, 3.63) is 181 Å². The molecule has 64 heavy (non-hydrogen) atoms. The van der Waals surface area contributed by atoms with Crippen LogP contribution in [0.4, 0.5) is 0 Å². The maximum absolute atomic E-state index is 2.73. The van der Waals surface area contributed by atoms with Crippen LogP contribution in [-0.2, 0) is 38.9 Å². The summed E-state index contributed by atoms with van der Waals surface area (Å²) >= 11 is 0. The van der Waals surface area contributed by atoms with Gasteiger partial charge >= 0.3 is 0 Å². The summed E-state index contributed by atoms with van der Waals surface area (Å²) in [4.78, 5) is 0. The van der Waals surface area contributed by atoms with Gasteiger partial charge < -0.3 is 0 Å². The molecule has 0 saturated carbocycles. The van der Waals surface area contributed by atoms with Gasteiger partial charge in [-0.2, -0.15) is 0 Å². The van der Waals surface area contributed by atoms with E-state index >= 15 is 0 Å². The van der Waals surface area contributed by atoms with E-state index in [1.165, 1.54) is 78.5 Å². The second-order valence-corrected chi connectivity index (χ2v) is 25.7. The zero-order chi connectivity index (χ0) is 45.8.